The van der Waals surface area contributed by atoms with Crippen molar-refractivity contribution >= 4 is 17.2 Å². The number of hydrogen-bond donors (Lipinski definition) is 0. The van der Waals surface area contributed by atoms with Crippen molar-refractivity contribution in [1.82, 2.24) is 14.7 Å². The molecule has 4 nitrogen and oxygen atoms in total. The van der Waals surface area contributed by atoms with Crippen molar-refractivity contribution in [3.05, 3.63) is 59.6 Å². The molecule has 2 atom stereocenters. The Morgan fingerprint density at radius 1 is 1.08 bits per heavy atom. The summed E-state index contributed by atoms with van der Waals surface area (Å²) in [5.41, 5.74) is 2.43. The predicted molar refractivity (Wildman–Crippen MR) is 106 cm³/mol. The Morgan fingerprint density at radius 2 is 1.81 bits per heavy atom. The highest BCUT2D eigenvalue weighted by atomic mass is 32.1. The van der Waals surface area contributed by atoms with Gasteiger partial charge in [0.15, 0.2) is 0 Å². The van der Waals surface area contributed by atoms with Gasteiger partial charge in [0.05, 0.1) is 16.1 Å². The monoisotopic (exact) mass is 365 g/mol. The molecule has 0 radical (unpaired) electrons. The quantitative estimate of drug-likeness (QED) is 0.674. The fourth-order valence-corrected chi connectivity index (χ4v) is 4.56. The van der Waals surface area contributed by atoms with E-state index in [0.29, 0.717) is 17.4 Å². The normalized spacial score (nSPS) is 20.3. The minimum atomic E-state index is 0.0916. The Labute approximate surface area is 158 Å². The van der Waals surface area contributed by atoms with Gasteiger partial charge in [0, 0.05) is 19.3 Å². The van der Waals surface area contributed by atoms with Crippen molar-refractivity contribution in [1.29, 1.82) is 0 Å². The highest BCUT2D eigenvalue weighted by Gasteiger charge is 2.29. The van der Waals surface area contributed by atoms with Crippen LogP contribution in [-0.4, -0.2) is 33.7 Å². The fraction of sp³-hybridized carbons (Fsp3) is 0.333. The maximum absolute atomic E-state index is 13.3. The lowest BCUT2D eigenvalue weighted by atomic mass is 9.91. The van der Waals surface area contributed by atoms with Gasteiger partial charge >= 0.3 is 0 Å². The van der Waals surface area contributed by atoms with Crippen LogP contribution in [0.25, 0.3) is 16.3 Å². The fourth-order valence-electron chi connectivity index (χ4n) is 3.84. The van der Waals surface area contributed by atoms with Crippen LogP contribution in [0.1, 0.15) is 30.6 Å². The minimum Gasteiger partial charge on any atom is -0.338 e. The second kappa shape index (κ2) is 7.08. The zero-order chi connectivity index (χ0) is 18.1. The van der Waals surface area contributed by atoms with Gasteiger partial charge in [-0.2, -0.15) is 5.10 Å². The van der Waals surface area contributed by atoms with Crippen LogP contribution < -0.4 is 0 Å². The molecule has 1 aliphatic rings. The summed E-state index contributed by atoms with van der Waals surface area (Å²) in [6, 6.07) is 14.0. The topological polar surface area (TPSA) is 38.1 Å². The summed E-state index contributed by atoms with van der Waals surface area (Å²) in [5.74, 6) is 1.17. The van der Waals surface area contributed by atoms with Gasteiger partial charge in [0.2, 0.25) is 0 Å². The number of para-hydroxylation sites is 1. The molecule has 0 saturated carbocycles. The zero-order valence-electron chi connectivity index (χ0n) is 15.1. The van der Waals surface area contributed by atoms with Crippen molar-refractivity contribution in [3.63, 3.8) is 0 Å². The van der Waals surface area contributed by atoms with E-state index in [4.69, 9.17) is 5.10 Å². The number of piperidine rings is 1. The molecule has 0 unspecified atom stereocenters. The van der Waals surface area contributed by atoms with Crippen molar-refractivity contribution in [2.75, 3.05) is 13.1 Å². The van der Waals surface area contributed by atoms with Crippen LogP contribution in [0.5, 0.6) is 0 Å². The summed E-state index contributed by atoms with van der Waals surface area (Å²) in [5, 5.41) is 6.78. The van der Waals surface area contributed by atoms with Gasteiger partial charge in [0.1, 0.15) is 5.69 Å². The molecule has 1 aliphatic heterocycles. The first-order valence-electron chi connectivity index (χ1n) is 9.10. The highest BCUT2D eigenvalue weighted by Crippen LogP contribution is 2.30. The van der Waals surface area contributed by atoms with Crippen molar-refractivity contribution in [2.24, 2.45) is 11.8 Å². The number of thiophene rings is 1. The number of aromatic nitrogens is 2. The van der Waals surface area contributed by atoms with E-state index in [1.807, 2.05) is 63.6 Å². The molecule has 26 heavy (non-hydrogen) atoms. The second-order valence-electron chi connectivity index (χ2n) is 7.30. The second-order valence-corrected chi connectivity index (χ2v) is 8.25. The molecule has 1 fully saturated rings. The number of rotatable bonds is 3. The van der Waals surface area contributed by atoms with Crippen LogP contribution in [0, 0.1) is 11.8 Å². The van der Waals surface area contributed by atoms with E-state index in [2.05, 4.69) is 13.8 Å². The summed E-state index contributed by atoms with van der Waals surface area (Å²) in [6.07, 6.45) is 3.07. The van der Waals surface area contributed by atoms with E-state index >= 15 is 0 Å². The van der Waals surface area contributed by atoms with Crippen LogP contribution in [-0.2, 0) is 0 Å². The Balaban J connectivity index is 1.74. The van der Waals surface area contributed by atoms with Gasteiger partial charge in [-0.1, -0.05) is 38.1 Å². The van der Waals surface area contributed by atoms with Crippen LogP contribution in [0.4, 0.5) is 0 Å². The molecule has 1 saturated heterocycles. The Hall–Kier alpha value is -2.40. The van der Waals surface area contributed by atoms with Crippen molar-refractivity contribution in [3.8, 4) is 16.3 Å². The third-order valence-electron chi connectivity index (χ3n) is 4.88. The van der Waals surface area contributed by atoms with E-state index in [-0.39, 0.29) is 5.91 Å². The highest BCUT2D eigenvalue weighted by molar-refractivity contribution is 7.13. The summed E-state index contributed by atoms with van der Waals surface area (Å²) < 4.78 is 1.82. The van der Waals surface area contributed by atoms with E-state index in [1.165, 1.54) is 6.42 Å². The summed E-state index contributed by atoms with van der Waals surface area (Å²) >= 11 is 1.62. The maximum atomic E-state index is 13.3. The maximum Gasteiger partial charge on any atom is 0.257 e. The molecular weight excluding hydrogens is 342 g/mol. The number of hydrogen-bond acceptors (Lipinski definition) is 3. The molecule has 5 heteroatoms. The van der Waals surface area contributed by atoms with Gasteiger partial charge in [-0.15, -0.1) is 11.3 Å². The molecule has 0 spiro atoms. The van der Waals surface area contributed by atoms with Crippen LogP contribution >= 0.6 is 11.3 Å². The first-order chi connectivity index (χ1) is 12.6. The number of carbonyl (C=O) groups excluding carboxylic acids is 1. The zero-order valence-corrected chi connectivity index (χ0v) is 15.9. The van der Waals surface area contributed by atoms with E-state index in [1.54, 1.807) is 11.3 Å². The average Bonchev–Trinajstić information content (AvgIpc) is 3.30. The minimum absolute atomic E-state index is 0.0916. The predicted octanol–water partition coefficient (Wildman–Crippen LogP) is 4.72. The molecule has 2 aromatic heterocycles. The lowest BCUT2D eigenvalue weighted by Crippen LogP contribution is -2.42. The average molecular weight is 366 g/mol. The van der Waals surface area contributed by atoms with Crippen molar-refractivity contribution < 1.29 is 4.79 Å². The summed E-state index contributed by atoms with van der Waals surface area (Å²) in [6.45, 7) is 6.10. The molecule has 0 N–H and O–H groups in total. The third kappa shape index (κ3) is 3.31. The smallest absolute Gasteiger partial charge is 0.257 e. The van der Waals surface area contributed by atoms with Gasteiger partial charge in [0.25, 0.3) is 5.91 Å². The lowest BCUT2D eigenvalue weighted by Gasteiger charge is -2.34. The molecule has 4 rings (SSSR count). The molecule has 0 aliphatic carbocycles. The SMILES string of the molecule is C[C@H]1C[C@H](C)CN(C(=O)c2cn(-c3ccccc3)nc2-c2cccs2)C1. The van der Waals surface area contributed by atoms with Gasteiger partial charge in [-0.25, -0.2) is 4.68 Å². The van der Waals surface area contributed by atoms with Gasteiger partial charge in [-0.05, 0) is 41.8 Å². The number of carbonyl (C=O) groups is 1. The molecule has 3 aromatic rings. The number of likely N-dealkylation sites (tertiary alicyclic amines) is 1. The lowest BCUT2D eigenvalue weighted by molar-refractivity contribution is 0.0624. The third-order valence-corrected chi connectivity index (χ3v) is 5.75. The standard InChI is InChI=1S/C21H23N3OS/c1-15-11-16(2)13-23(12-15)21(25)18-14-24(17-7-4-3-5-8-17)22-20(18)19-9-6-10-26-19/h3-10,14-16H,11-13H2,1-2H3/t15-,16-/m0/s1. The first kappa shape index (κ1) is 17.0. The van der Waals surface area contributed by atoms with Crippen LogP contribution in [0.2, 0.25) is 0 Å². The first-order valence-corrected chi connectivity index (χ1v) is 9.98. The van der Waals surface area contributed by atoms with Crippen LogP contribution in [0.3, 0.4) is 0 Å². The molecule has 0 bridgehead atoms. The number of amides is 1. The summed E-state index contributed by atoms with van der Waals surface area (Å²) in [4.78, 5) is 16.4. The Morgan fingerprint density at radius 3 is 2.46 bits per heavy atom. The largest absolute Gasteiger partial charge is 0.338 e. The van der Waals surface area contributed by atoms with Crippen molar-refractivity contribution in [2.45, 2.75) is 20.3 Å². The molecule has 3 heterocycles. The Bertz CT molecular complexity index is 875. The molecular formula is C21H23N3OS. The number of nitrogens with zero attached hydrogens (tertiary/aromatic N) is 3. The summed E-state index contributed by atoms with van der Waals surface area (Å²) in [7, 11) is 0. The molecule has 1 amide bonds. The van der Waals surface area contributed by atoms with Crippen LogP contribution in [0.15, 0.2) is 54.0 Å². The van der Waals surface area contributed by atoms with Gasteiger partial charge < -0.3 is 4.90 Å². The van der Waals surface area contributed by atoms with E-state index < -0.39 is 0 Å². The van der Waals surface area contributed by atoms with E-state index in [9.17, 15) is 4.79 Å². The van der Waals surface area contributed by atoms with Gasteiger partial charge in [-0.3, -0.25) is 4.79 Å². The van der Waals surface area contributed by atoms with E-state index in [0.717, 1.165) is 29.3 Å². The Kier molecular flexibility index (Phi) is 4.64. The molecule has 1 aromatic carbocycles. The number of benzene rings is 1. The molecule has 134 valence electrons.